The maximum atomic E-state index is 10.7. The number of nitrogens with two attached hydrogens (primary N) is 1. The van der Waals surface area contributed by atoms with E-state index in [1.165, 1.54) is 0 Å². The number of amides is 1. The molecule has 0 unspecified atom stereocenters. The zero-order valence-corrected chi connectivity index (χ0v) is 6.79. The highest BCUT2D eigenvalue weighted by Gasteiger charge is 2.07. The van der Waals surface area contributed by atoms with Gasteiger partial charge in [0, 0.05) is 10.3 Å². The van der Waals surface area contributed by atoms with E-state index in [0.717, 1.165) is 10.4 Å². The summed E-state index contributed by atoms with van der Waals surface area (Å²) in [6, 6.07) is 0. The minimum absolute atomic E-state index is 0.332. The Morgan fingerprint density at radius 3 is 2.40 bits per heavy atom. The number of aryl methyl sites for hydroxylation is 1. The molecule has 0 saturated heterocycles. The third kappa shape index (κ3) is 1.04. The standard InChI is InChI=1S/C7H9NOS/c1-4-5(2)10-3-6(4)7(8)9/h3H,1-2H3,(H2,8,9). The molecule has 0 fully saturated rings. The first-order valence-electron chi connectivity index (χ1n) is 2.97. The van der Waals surface area contributed by atoms with Gasteiger partial charge in [-0.05, 0) is 19.4 Å². The van der Waals surface area contributed by atoms with Gasteiger partial charge in [0.05, 0.1) is 5.56 Å². The summed E-state index contributed by atoms with van der Waals surface area (Å²) in [6.07, 6.45) is 0. The van der Waals surface area contributed by atoms with Crippen LogP contribution in [-0.4, -0.2) is 5.91 Å². The van der Waals surface area contributed by atoms with Crippen LogP contribution in [0.3, 0.4) is 0 Å². The number of hydrogen-bond acceptors (Lipinski definition) is 2. The highest BCUT2D eigenvalue weighted by atomic mass is 32.1. The van der Waals surface area contributed by atoms with E-state index < -0.39 is 0 Å². The SMILES string of the molecule is Cc1scc(C(N)=O)c1C. The van der Waals surface area contributed by atoms with Crippen molar-refractivity contribution in [1.29, 1.82) is 0 Å². The van der Waals surface area contributed by atoms with Gasteiger partial charge in [-0.15, -0.1) is 11.3 Å². The van der Waals surface area contributed by atoms with Crippen LogP contribution in [0.4, 0.5) is 0 Å². The molecule has 3 heteroatoms. The topological polar surface area (TPSA) is 43.1 Å². The molecular formula is C7H9NOS. The van der Waals surface area contributed by atoms with Crippen LogP contribution >= 0.6 is 11.3 Å². The summed E-state index contributed by atoms with van der Waals surface area (Å²) in [7, 11) is 0. The molecule has 1 heterocycles. The largest absolute Gasteiger partial charge is 0.366 e. The molecule has 0 aliphatic carbocycles. The van der Waals surface area contributed by atoms with E-state index in [-0.39, 0.29) is 5.91 Å². The van der Waals surface area contributed by atoms with Crippen molar-refractivity contribution in [3.05, 3.63) is 21.4 Å². The van der Waals surface area contributed by atoms with Gasteiger partial charge in [0.25, 0.3) is 0 Å². The molecule has 0 bridgehead atoms. The van der Waals surface area contributed by atoms with Gasteiger partial charge in [-0.3, -0.25) is 4.79 Å². The summed E-state index contributed by atoms with van der Waals surface area (Å²) in [4.78, 5) is 11.8. The van der Waals surface area contributed by atoms with Crippen molar-refractivity contribution >= 4 is 17.2 Å². The lowest BCUT2D eigenvalue weighted by Gasteiger charge is -1.91. The van der Waals surface area contributed by atoms with Gasteiger partial charge in [-0.1, -0.05) is 0 Å². The Hall–Kier alpha value is -0.830. The number of thiophene rings is 1. The molecule has 1 aromatic rings. The Balaban J connectivity index is 3.17. The Kier molecular flexibility index (Phi) is 1.76. The predicted molar refractivity (Wildman–Crippen MR) is 42.3 cm³/mol. The van der Waals surface area contributed by atoms with Crippen LogP contribution in [0.2, 0.25) is 0 Å². The van der Waals surface area contributed by atoms with Crippen LogP contribution in [-0.2, 0) is 0 Å². The van der Waals surface area contributed by atoms with Crippen molar-refractivity contribution in [2.75, 3.05) is 0 Å². The van der Waals surface area contributed by atoms with E-state index in [1.807, 2.05) is 13.8 Å². The molecule has 1 rings (SSSR count). The normalized spacial score (nSPS) is 9.80. The van der Waals surface area contributed by atoms with Crippen molar-refractivity contribution in [2.24, 2.45) is 5.73 Å². The minimum atomic E-state index is -0.332. The molecular weight excluding hydrogens is 146 g/mol. The molecule has 1 aromatic heterocycles. The summed E-state index contributed by atoms with van der Waals surface area (Å²) < 4.78 is 0. The van der Waals surface area contributed by atoms with Crippen LogP contribution in [0, 0.1) is 13.8 Å². The lowest BCUT2D eigenvalue weighted by atomic mass is 10.2. The molecule has 0 aliphatic heterocycles. The van der Waals surface area contributed by atoms with Gasteiger partial charge in [-0.2, -0.15) is 0 Å². The lowest BCUT2D eigenvalue weighted by molar-refractivity contribution is 0.1000. The van der Waals surface area contributed by atoms with Gasteiger partial charge in [0.2, 0.25) is 5.91 Å². The van der Waals surface area contributed by atoms with Crippen molar-refractivity contribution in [2.45, 2.75) is 13.8 Å². The predicted octanol–water partition coefficient (Wildman–Crippen LogP) is 1.46. The fraction of sp³-hybridized carbons (Fsp3) is 0.286. The third-order valence-corrected chi connectivity index (χ3v) is 2.56. The molecule has 0 saturated carbocycles. The zero-order chi connectivity index (χ0) is 7.72. The monoisotopic (exact) mass is 155 g/mol. The highest BCUT2D eigenvalue weighted by molar-refractivity contribution is 7.10. The first kappa shape index (κ1) is 7.28. The summed E-state index contributed by atoms with van der Waals surface area (Å²) in [5.41, 5.74) is 6.76. The smallest absolute Gasteiger partial charge is 0.249 e. The minimum Gasteiger partial charge on any atom is -0.366 e. The quantitative estimate of drug-likeness (QED) is 0.655. The third-order valence-electron chi connectivity index (χ3n) is 1.55. The number of carbonyl (C=O) groups excluding carboxylic acids is 1. The van der Waals surface area contributed by atoms with Gasteiger partial charge in [0.1, 0.15) is 0 Å². The van der Waals surface area contributed by atoms with Crippen LogP contribution in [0.25, 0.3) is 0 Å². The number of hydrogen-bond donors (Lipinski definition) is 1. The molecule has 2 N–H and O–H groups in total. The number of rotatable bonds is 1. The maximum Gasteiger partial charge on any atom is 0.249 e. The van der Waals surface area contributed by atoms with Crippen LogP contribution in [0.15, 0.2) is 5.38 Å². The van der Waals surface area contributed by atoms with Crippen molar-refractivity contribution in [3.63, 3.8) is 0 Å². The highest BCUT2D eigenvalue weighted by Crippen LogP contribution is 2.19. The Morgan fingerprint density at radius 1 is 1.60 bits per heavy atom. The summed E-state index contributed by atoms with van der Waals surface area (Å²) in [5.74, 6) is -0.332. The summed E-state index contributed by atoms with van der Waals surface area (Å²) in [6.45, 7) is 3.89. The zero-order valence-electron chi connectivity index (χ0n) is 5.97. The van der Waals surface area contributed by atoms with Crippen LogP contribution < -0.4 is 5.73 Å². The molecule has 0 radical (unpaired) electrons. The average molecular weight is 155 g/mol. The first-order chi connectivity index (χ1) is 4.63. The second-order valence-corrected chi connectivity index (χ2v) is 3.28. The van der Waals surface area contributed by atoms with Gasteiger partial charge < -0.3 is 5.73 Å². The van der Waals surface area contributed by atoms with Crippen molar-refractivity contribution in [3.8, 4) is 0 Å². The molecule has 1 amide bonds. The maximum absolute atomic E-state index is 10.7. The van der Waals surface area contributed by atoms with E-state index >= 15 is 0 Å². The first-order valence-corrected chi connectivity index (χ1v) is 3.85. The van der Waals surface area contributed by atoms with E-state index in [1.54, 1.807) is 16.7 Å². The number of primary amides is 1. The Bertz CT molecular complexity index is 265. The molecule has 54 valence electrons. The van der Waals surface area contributed by atoms with E-state index in [9.17, 15) is 4.79 Å². The van der Waals surface area contributed by atoms with Gasteiger partial charge in [-0.25, -0.2) is 0 Å². The molecule has 10 heavy (non-hydrogen) atoms. The van der Waals surface area contributed by atoms with Gasteiger partial charge in [0.15, 0.2) is 0 Å². The molecule has 0 spiro atoms. The fourth-order valence-electron chi connectivity index (χ4n) is 0.757. The van der Waals surface area contributed by atoms with Crippen molar-refractivity contribution in [1.82, 2.24) is 0 Å². The fourth-order valence-corrected chi connectivity index (χ4v) is 1.63. The molecule has 0 atom stereocenters. The van der Waals surface area contributed by atoms with E-state index in [0.29, 0.717) is 5.56 Å². The Morgan fingerprint density at radius 2 is 2.20 bits per heavy atom. The molecule has 0 aliphatic rings. The van der Waals surface area contributed by atoms with Gasteiger partial charge >= 0.3 is 0 Å². The van der Waals surface area contributed by atoms with E-state index in [2.05, 4.69) is 0 Å². The number of carbonyl (C=O) groups is 1. The van der Waals surface area contributed by atoms with Crippen LogP contribution in [0.1, 0.15) is 20.8 Å². The second kappa shape index (κ2) is 2.42. The average Bonchev–Trinajstić information content (AvgIpc) is 2.14. The Labute approximate surface area is 63.7 Å². The van der Waals surface area contributed by atoms with Crippen molar-refractivity contribution < 1.29 is 4.79 Å². The summed E-state index contributed by atoms with van der Waals surface area (Å²) >= 11 is 1.56. The molecule has 2 nitrogen and oxygen atoms in total. The second-order valence-electron chi connectivity index (χ2n) is 2.19. The lowest BCUT2D eigenvalue weighted by Crippen LogP contribution is -2.10. The molecule has 0 aromatic carbocycles. The van der Waals surface area contributed by atoms with Crippen LogP contribution in [0.5, 0.6) is 0 Å². The summed E-state index contributed by atoms with van der Waals surface area (Å²) in [5, 5.41) is 1.80. The van der Waals surface area contributed by atoms with E-state index in [4.69, 9.17) is 5.73 Å².